The first-order valence-electron chi connectivity index (χ1n) is 32.9. The van der Waals surface area contributed by atoms with E-state index in [-0.39, 0.29) is 170 Å². The molecule has 0 bridgehead atoms. The molecule has 9 amide bonds. The molecule has 32 heteroatoms. The molecule has 0 spiro atoms. The van der Waals surface area contributed by atoms with Crippen molar-refractivity contribution in [2.75, 3.05) is 119 Å². The lowest BCUT2D eigenvalue weighted by atomic mass is 9.98. The van der Waals surface area contributed by atoms with Gasteiger partial charge in [-0.2, -0.15) is 0 Å². The van der Waals surface area contributed by atoms with Crippen molar-refractivity contribution in [3.8, 4) is 0 Å². The smallest absolute Gasteiger partial charge is 0.246 e. The van der Waals surface area contributed by atoms with E-state index < -0.39 is 40.9 Å². The number of rotatable bonds is 56. The van der Waals surface area contributed by atoms with Gasteiger partial charge >= 0.3 is 0 Å². The maximum absolute atomic E-state index is 13.3. The Labute approximate surface area is 563 Å². The molecule has 95 heavy (non-hydrogen) atoms. The minimum Gasteiger partial charge on any atom is -0.411 e. The number of oxime groups is 2. The minimum absolute atomic E-state index is 0.00564. The van der Waals surface area contributed by atoms with Crippen LogP contribution in [0.3, 0.4) is 0 Å². The van der Waals surface area contributed by atoms with Crippen molar-refractivity contribution < 1.29 is 82.1 Å². The highest BCUT2D eigenvalue weighted by atomic mass is 16.5. The van der Waals surface area contributed by atoms with Gasteiger partial charge in [-0.05, 0) is 134 Å². The van der Waals surface area contributed by atoms with Crippen LogP contribution in [0.1, 0.15) is 172 Å². The highest BCUT2D eigenvalue weighted by molar-refractivity contribution is 5.91. The summed E-state index contributed by atoms with van der Waals surface area (Å²) in [5.41, 5.74) is 10.2. The number of hydrogen-bond donors (Lipinski definition) is 15. The summed E-state index contributed by atoms with van der Waals surface area (Å²) in [7, 11) is 3.42. The largest absolute Gasteiger partial charge is 0.411 e. The summed E-state index contributed by atoms with van der Waals surface area (Å²) < 4.78 is 21.5. The highest BCUT2D eigenvalue weighted by Crippen LogP contribution is 2.10. The van der Waals surface area contributed by atoms with Crippen LogP contribution < -0.4 is 70.0 Å². The lowest BCUT2D eigenvalue weighted by Gasteiger charge is -2.32. The lowest BCUT2D eigenvalue weighted by Crippen LogP contribution is -2.57. The SMILES string of the molecule is CCC(C)=O.CNCC(C)=O.CN[C@@H](CCCCNC(=O)COCCOCCNC(=O)COCCOCCNC(=O)CCCC(=O)N[C@@H](CCCCNC(=O)CCCC(=O)NC(CNC(C)(C)/C(C)=N/O)CNC(C)(C)/C(C)=N/O)C(=O)NCCCC[C@H](C)C(N)=O)C(N)=O. The molecule has 0 aromatic heterocycles. The monoisotopic (exact) mass is 1360 g/mol. The van der Waals surface area contributed by atoms with E-state index in [1.807, 2.05) is 34.6 Å². The Morgan fingerprint density at radius 2 is 0.853 bits per heavy atom. The summed E-state index contributed by atoms with van der Waals surface area (Å²) in [4.78, 5) is 131. The second-order valence-electron chi connectivity index (χ2n) is 23.8. The first-order valence-corrected chi connectivity index (χ1v) is 32.9. The molecule has 32 nitrogen and oxygen atoms in total. The standard InChI is InChI=1S/C55H104N14O15.C4H9NO.C4H8O/c1-39(51(56)76)17-9-12-26-63-53(78)44(19-11-14-24-59-45(70)20-15-22-47(72)66-42(35-64-54(4,5)40(2)68-79)36-65-55(6,7)41(3)69-80)67-48(73)23-16-21-46(71)61-27-29-81-31-34-84-38-50(75)62-28-30-82-32-33-83-37-49(74)60-25-13-10-18-43(58-8)52(57)77;1-4(6)3-5-2;1-3-4(2)5/h39,42-44,58,64-65,79-80H,9-38H2,1-8H3,(H2,56,76)(H2,57,77)(H,59,70)(H,60,74)(H,61,71)(H,62,75)(H,63,78)(H,66,72)(H,67,73);5H,3H2,1-2H3;3H2,1-2H3/b68-40+,69-41+;;/t39-,43-,44-;;/m0../s1. The fourth-order valence-electron chi connectivity index (χ4n) is 7.80. The van der Waals surface area contributed by atoms with Gasteiger partial charge in [-0.1, -0.05) is 30.6 Å². The van der Waals surface area contributed by atoms with E-state index in [1.165, 1.54) is 0 Å². The predicted molar refractivity (Wildman–Crippen MR) is 361 cm³/mol. The third-order valence-corrected chi connectivity index (χ3v) is 14.6. The summed E-state index contributed by atoms with van der Waals surface area (Å²) in [5, 5.41) is 57.0. The maximum Gasteiger partial charge on any atom is 0.246 e. The first-order chi connectivity index (χ1) is 44.9. The van der Waals surface area contributed by atoms with E-state index in [9.17, 15) is 63.2 Å². The summed E-state index contributed by atoms with van der Waals surface area (Å²) in [6.45, 7) is 21.0. The number of nitrogens with one attached hydrogen (secondary N) is 11. The van der Waals surface area contributed by atoms with Crippen molar-refractivity contribution in [1.29, 1.82) is 0 Å². The molecule has 0 radical (unpaired) electrons. The molecule has 17 N–H and O–H groups in total. The molecule has 0 rings (SSSR count). The van der Waals surface area contributed by atoms with Gasteiger partial charge in [-0.3, -0.25) is 47.9 Å². The van der Waals surface area contributed by atoms with Crippen LogP contribution in [0.4, 0.5) is 0 Å². The highest BCUT2D eigenvalue weighted by Gasteiger charge is 2.27. The van der Waals surface area contributed by atoms with Gasteiger partial charge in [-0.15, -0.1) is 0 Å². The molecule has 0 aliphatic heterocycles. The van der Waals surface area contributed by atoms with E-state index in [1.54, 1.807) is 48.7 Å². The number of amides is 9. The van der Waals surface area contributed by atoms with Crippen LogP contribution in [0.25, 0.3) is 0 Å². The topological polar surface area (TPSA) is 474 Å². The molecule has 0 aromatic rings. The first kappa shape index (κ1) is 92.4. The van der Waals surface area contributed by atoms with Gasteiger partial charge in [0.05, 0.1) is 80.8 Å². The van der Waals surface area contributed by atoms with Crippen molar-refractivity contribution in [1.82, 2.24) is 58.5 Å². The summed E-state index contributed by atoms with van der Waals surface area (Å²) >= 11 is 0. The Hall–Kier alpha value is -6.81. The second kappa shape index (κ2) is 58.5. The van der Waals surface area contributed by atoms with Gasteiger partial charge in [0.25, 0.3) is 0 Å². The van der Waals surface area contributed by atoms with Crippen LogP contribution in [0.15, 0.2) is 10.3 Å². The number of nitrogens with zero attached hydrogens (tertiary/aromatic N) is 2. The van der Waals surface area contributed by atoms with Gasteiger partial charge in [-0.25, -0.2) is 0 Å². The third kappa shape index (κ3) is 56.1. The zero-order valence-corrected chi connectivity index (χ0v) is 59.0. The number of carbonyl (C=O) groups excluding carboxylic acids is 11. The molecule has 0 unspecified atom stereocenters. The summed E-state index contributed by atoms with van der Waals surface area (Å²) in [6, 6.07) is -1.67. The number of likely N-dealkylation sites (N-methyl/N-ethyl adjacent to an activating group) is 2. The van der Waals surface area contributed by atoms with Crippen molar-refractivity contribution in [2.45, 2.75) is 201 Å². The Morgan fingerprint density at radius 3 is 1.25 bits per heavy atom. The van der Waals surface area contributed by atoms with Crippen molar-refractivity contribution in [2.24, 2.45) is 27.7 Å². The lowest BCUT2D eigenvalue weighted by molar-refractivity contribution is -0.129. The number of hydrogen-bond acceptors (Lipinski definition) is 23. The van der Waals surface area contributed by atoms with Crippen LogP contribution >= 0.6 is 0 Å². The molecular weight excluding hydrogens is 1240 g/mol. The molecule has 0 fully saturated rings. The number of Topliss-reactive ketones (excluding diaryl/α,β-unsaturated/α-hetero) is 2. The zero-order valence-electron chi connectivity index (χ0n) is 59.0. The Bertz CT molecular complexity index is 2240. The number of primary amides is 2. The molecule has 0 saturated carbocycles. The average molecular weight is 1360 g/mol. The molecule has 0 heterocycles. The minimum atomic E-state index is -0.866. The van der Waals surface area contributed by atoms with Crippen LogP contribution in [-0.4, -0.2) is 235 Å². The average Bonchev–Trinajstić information content (AvgIpc) is 0.939. The van der Waals surface area contributed by atoms with Gasteiger partial charge < -0.3 is 104 Å². The Kier molecular flexibility index (Phi) is 56.9. The predicted octanol–water partition coefficient (Wildman–Crippen LogP) is -0.134. The van der Waals surface area contributed by atoms with Gasteiger partial charge in [0.15, 0.2) is 0 Å². The van der Waals surface area contributed by atoms with Gasteiger partial charge in [0.1, 0.15) is 30.8 Å². The fraction of sp³-hybridized carbons (Fsp3) is 0.794. The molecule has 0 aliphatic rings. The Balaban J connectivity index is -0.00000703. The van der Waals surface area contributed by atoms with Crippen LogP contribution in [0.5, 0.6) is 0 Å². The van der Waals surface area contributed by atoms with Crippen LogP contribution in [0.2, 0.25) is 0 Å². The zero-order chi connectivity index (χ0) is 72.5. The van der Waals surface area contributed by atoms with Crippen LogP contribution in [-0.2, 0) is 71.7 Å². The molecule has 0 saturated heterocycles. The van der Waals surface area contributed by atoms with E-state index >= 15 is 0 Å². The van der Waals surface area contributed by atoms with E-state index in [0.29, 0.717) is 102 Å². The summed E-state index contributed by atoms with van der Waals surface area (Å²) in [5.74, 6) is -2.82. The van der Waals surface area contributed by atoms with E-state index in [0.717, 1.165) is 6.42 Å². The fourth-order valence-corrected chi connectivity index (χ4v) is 7.80. The molecular formula is C63H121N15O17. The quantitative estimate of drug-likeness (QED) is 0.0163. The normalized spacial score (nSPS) is 12.5. The molecule has 0 aromatic carbocycles. The van der Waals surface area contributed by atoms with E-state index in [2.05, 4.69) is 68.8 Å². The van der Waals surface area contributed by atoms with Gasteiger partial charge in [0.2, 0.25) is 53.2 Å². The van der Waals surface area contributed by atoms with Crippen molar-refractivity contribution in [3.05, 3.63) is 0 Å². The molecule has 550 valence electrons. The third-order valence-electron chi connectivity index (χ3n) is 14.6. The van der Waals surface area contributed by atoms with E-state index in [4.69, 9.17) is 30.4 Å². The van der Waals surface area contributed by atoms with Crippen molar-refractivity contribution in [3.63, 3.8) is 0 Å². The number of carbonyl (C=O) groups is 11. The van der Waals surface area contributed by atoms with Crippen molar-refractivity contribution >= 4 is 76.2 Å². The Morgan fingerprint density at radius 1 is 0.463 bits per heavy atom. The van der Waals surface area contributed by atoms with Crippen LogP contribution in [0, 0.1) is 5.92 Å². The molecule has 3 atom stereocenters. The number of nitrogens with two attached hydrogens (primary N) is 2. The molecule has 0 aliphatic carbocycles. The number of unbranched alkanes of at least 4 members (excludes halogenated alkanes) is 3. The number of ketones is 2. The summed E-state index contributed by atoms with van der Waals surface area (Å²) in [6.07, 6.45) is 6.57. The van der Waals surface area contributed by atoms with Gasteiger partial charge in [0, 0.05) is 83.8 Å². The second-order valence-corrected chi connectivity index (χ2v) is 23.8. The number of ether oxygens (including phenoxy) is 4. The maximum atomic E-state index is 13.3.